The van der Waals surface area contributed by atoms with E-state index in [-0.39, 0.29) is 12.4 Å². The second-order valence-corrected chi connectivity index (χ2v) is 5.05. The SMILES string of the molecule is CCn1cc(-c2ccncc2)c(-c2ccc(F)cc2)c1CO. The summed E-state index contributed by atoms with van der Waals surface area (Å²) in [7, 11) is 0. The molecule has 0 saturated carbocycles. The van der Waals surface area contributed by atoms with E-state index in [0.29, 0.717) is 0 Å². The summed E-state index contributed by atoms with van der Waals surface area (Å²) in [6.45, 7) is 2.73. The first-order chi connectivity index (χ1) is 10.7. The summed E-state index contributed by atoms with van der Waals surface area (Å²) in [4.78, 5) is 4.05. The lowest BCUT2D eigenvalue weighted by atomic mass is 9.97. The van der Waals surface area contributed by atoms with E-state index in [1.54, 1.807) is 24.5 Å². The molecule has 1 N–H and O–H groups in total. The van der Waals surface area contributed by atoms with Crippen LogP contribution in [0.25, 0.3) is 22.3 Å². The zero-order valence-corrected chi connectivity index (χ0v) is 12.3. The van der Waals surface area contributed by atoms with Crippen LogP contribution in [-0.4, -0.2) is 14.7 Å². The predicted molar refractivity (Wildman–Crippen MR) is 84.7 cm³/mol. The molecule has 2 aromatic heterocycles. The highest BCUT2D eigenvalue weighted by atomic mass is 19.1. The Bertz CT molecular complexity index is 764. The van der Waals surface area contributed by atoms with Gasteiger partial charge in [-0.25, -0.2) is 4.39 Å². The largest absolute Gasteiger partial charge is 0.390 e. The van der Waals surface area contributed by atoms with Gasteiger partial charge >= 0.3 is 0 Å². The van der Waals surface area contributed by atoms with Crippen molar-refractivity contribution in [2.24, 2.45) is 0 Å². The molecule has 3 rings (SSSR count). The van der Waals surface area contributed by atoms with Crippen LogP contribution < -0.4 is 0 Å². The van der Waals surface area contributed by atoms with E-state index in [2.05, 4.69) is 4.98 Å². The van der Waals surface area contributed by atoms with Crippen LogP contribution in [0, 0.1) is 5.82 Å². The summed E-state index contributed by atoms with van der Waals surface area (Å²) in [6, 6.07) is 10.2. The van der Waals surface area contributed by atoms with Crippen molar-refractivity contribution in [2.75, 3.05) is 0 Å². The van der Waals surface area contributed by atoms with Gasteiger partial charge in [-0.2, -0.15) is 0 Å². The number of aliphatic hydroxyl groups excluding tert-OH is 1. The van der Waals surface area contributed by atoms with E-state index >= 15 is 0 Å². The molecular weight excluding hydrogens is 279 g/mol. The number of aryl methyl sites for hydroxylation is 1. The number of aliphatic hydroxyl groups is 1. The van der Waals surface area contributed by atoms with Crippen LogP contribution in [-0.2, 0) is 13.2 Å². The van der Waals surface area contributed by atoms with Crippen LogP contribution in [0.3, 0.4) is 0 Å². The molecule has 4 heteroatoms. The molecule has 0 unspecified atom stereocenters. The molecule has 0 fully saturated rings. The van der Waals surface area contributed by atoms with Crippen LogP contribution in [0.15, 0.2) is 55.0 Å². The third kappa shape index (κ3) is 2.53. The number of benzene rings is 1. The number of pyridine rings is 1. The van der Waals surface area contributed by atoms with Crippen molar-refractivity contribution in [2.45, 2.75) is 20.1 Å². The lowest BCUT2D eigenvalue weighted by Crippen LogP contribution is -2.00. The molecule has 2 heterocycles. The van der Waals surface area contributed by atoms with Crippen molar-refractivity contribution in [1.29, 1.82) is 0 Å². The normalized spacial score (nSPS) is 10.9. The Kier molecular flexibility index (Phi) is 4.02. The molecule has 0 aliphatic heterocycles. The number of aromatic nitrogens is 2. The minimum atomic E-state index is -0.269. The Labute approximate surface area is 128 Å². The molecule has 0 atom stereocenters. The van der Waals surface area contributed by atoms with Crippen LogP contribution >= 0.6 is 0 Å². The van der Waals surface area contributed by atoms with Gasteiger partial charge in [0.2, 0.25) is 0 Å². The molecule has 0 radical (unpaired) electrons. The van der Waals surface area contributed by atoms with Gasteiger partial charge in [0.15, 0.2) is 0 Å². The van der Waals surface area contributed by atoms with Gasteiger partial charge < -0.3 is 9.67 Å². The van der Waals surface area contributed by atoms with E-state index in [1.165, 1.54) is 12.1 Å². The third-order valence-corrected chi connectivity index (χ3v) is 3.80. The Morgan fingerprint density at radius 3 is 2.32 bits per heavy atom. The minimum absolute atomic E-state index is 0.0639. The van der Waals surface area contributed by atoms with Crippen molar-refractivity contribution in [3.63, 3.8) is 0 Å². The summed E-state index contributed by atoms with van der Waals surface area (Å²) < 4.78 is 15.2. The smallest absolute Gasteiger partial charge is 0.123 e. The van der Waals surface area contributed by atoms with Gasteiger partial charge in [0.05, 0.1) is 12.3 Å². The topological polar surface area (TPSA) is 38.0 Å². The number of hydrogen-bond acceptors (Lipinski definition) is 2. The number of nitrogens with zero attached hydrogens (tertiary/aromatic N) is 2. The maximum atomic E-state index is 13.2. The quantitative estimate of drug-likeness (QED) is 0.793. The van der Waals surface area contributed by atoms with Crippen molar-refractivity contribution in [3.8, 4) is 22.3 Å². The van der Waals surface area contributed by atoms with Gasteiger partial charge in [0.1, 0.15) is 5.82 Å². The predicted octanol–water partition coefficient (Wildman–Crippen LogP) is 3.87. The summed E-state index contributed by atoms with van der Waals surface area (Å²) in [5, 5.41) is 9.80. The molecule has 22 heavy (non-hydrogen) atoms. The molecule has 0 amide bonds. The average Bonchev–Trinajstić information content (AvgIpc) is 2.95. The maximum Gasteiger partial charge on any atom is 0.123 e. The first-order valence-electron chi connectivity index (χ1n) is 7.23. The molecule has 0 aliphatic carbocycles. The summed E-state index contributed by atoms with van der Waals surface area (Å²) in [6.07, 6.45) is 5.51. The van der Waals surface area contributed by atoms with Crippen LogP contribution in [0.5, 0.6) is 0 Å². The zero-order chi connectivity index (χ0) is 15.5. The van der Waals surface area contributed by atoms with Crippen molar-refractivity contribution in [3.05, 3.63) is 66.5 Å². The molecule has 3 aromatic rings. The van der Waals surface area contributed by atoms with E-state index in [0.717, 1.165) is 34.5 Å². The van der Waals surface area contributed by atoms with Crippen LogP contribution in [0.4, 0.5) is 4.39 Å². The molecule has 0 bridgehead atoms. The number of halogens is 1. The Morgan fingerprint density at radius 1 is 1.05 bits per heavy atom. The van der Waals surface area contributed by atoms with E-state index in [1.807, 2.05) is 29.8 Å². The van der Waals surface area contributed by atoms with E-state index in [4.69, 9.17) is 0 Å². The Hall–Kier alpha value is -2.46. The second kappa shape index (κ2) is 6.12. The fourth-order valence-electron chi connectivity index (χ4n) is 2.74. The highest BCUT2D eigenvalue weighted by molar-refractivity contribution is 5.85. The molecule has 0 aliphatic rings. The average molecular weight is 296 g/mol. The highest BCUT2D eigenvalue weighted by Gasteiger charge is 2.17. The molecular formula is C18H17FN2O. The van der Waals surface area contributed by atoms with Crippen LogP contribution in [0.2, 0.25) is 0 Å². The standard InChI is InChI=1S/C18H17FN2O/c1-2-21-11-16(13-7-9-20-10-8-13)18(17(21)12-22)14-3-5-15(19)6-4-14/h3-11,22H,2,12H2,1H3. The monoisotopic (exact) mass is 296 g/mol. The Balaban J connectivity index is 2.26. The maximum absolute atomic E-state index is 13.2. The molecule has 0 spiro atoms. The zero-order valence-electron chi connectivity index (χ0n) is 12.3. The summed E-state index contributed by atoms with van der Waals surface area (Å²) in [5.74, 6) is -0.269. The van der Waals surface area contributed by atoms with Gasteiger partial charge in [-0.3, -0.25) is 4.98 Å². The van der Waals surface area contributed by atoms with Crippen LogP contribution in [0.1, 0.15) is 12.6 Å². The lowest BCUT2D eigenvalue weighted by Gasteiger charge is -2.08. The Morgan fingerprint density at radius 2 is 1.73 bits per heavy atom. The minimum Gasteiger partial charge on any atom is -0.390 e. The van der Waals surface area contributed by atoms with E-state index < -0.39 is 0 Å². The van der Waals surface area contributed by atoms with Gasteiger partial charge in [0.25, 0.3) is 0 Å². The first-order valence-corrected chi connectivity index (χ1v) is 7.23. The van der Waals surface area contributed by atoms with Gasteiger partial charge in [0, 0.05) is 36.3 Å². The van der Waals surface area contributed by atoms with Gasteiger partial charge in [-0.05, 0) is 42.3 Å². The van der Waals surface area contributed by atoms with Crippen molar-refractivity contribution in [1.82, 2.24) is 9.55 Å². The van der Waals surface area contributed by atoms with Gasteiger partial charge in [-0.15, -0.1) is 0 Å². The molecule has 1 aromatic carbocycles. The molecule has 3 nitrogen and oxygen atoms in total. The molecule has 0 saturated heterocycles. The highest BCUT2D eigenvalue weighted by Crippen LogP contribution is 2.36. The number of hydrogen-bond donors (Lipinski definition) is 1. The molecule has 112 valence electrons. The van der Waals surface area contributed by atoms with E-state index in [9.17, 15) is 9.50 Å². The third-order valence-electron chi connectivity index (χ3n) is 3.80. The van der Waals surface area contributed by atoms with Crippen molar-refractivity contribution >= 4 is 0 Å². The van der Waals surface area contributed by atoms with Crippen molar-refractivity contribution < 1.29 is 9.50 Å². The second-order valence-electron chi connectivity index (χ2n) is 5.05. The summed E-state index contributed by atoms with van der Waals surface area (Å²) in [5.41, 5.74) is 4.71. The fraction of sp³-hybridized carbons (Fsp3) is 0.167. The summed E-state index contributed by atoms with van der Waals surface area (Å²) >= 11 is 0. The first kappa shape index (κ1) is 14.5. The number of rotatable bonds is 4. The van der Waals surface area contributed by atoms with Gasteiger partial charge in [-0.1, -0.05) is 12.1 Å². The lowest BCUT2D eigenvalue weighted by molar-refractivity contribution is 0.271. The fourth-order valence-corrected chi connectivity index (χ4v) is 2.74.